The van der Waals surface area contributed by atoms with Crippen molar-refractivity contribution in [3.8, 4) is 0 Å². The van der Waals surface area contributed by atoms with Gasteiger partial charge in [-0.3, -0.25) is 0 Å². The van der Waals surface area contributed by atoms with Gasteiger partial charge in [0.15, 0.2) is 0 Å². The van der Waals surface area contributed by atoms with E-state index in [2.05, 4.69) is 33.5 Å². The van der Waals surface area contributed by atoms with E-state index in [1.165, 1.54) is 0 Å². The number of benzene rings is 1. The predicted molar refractivity (Wildman–Crippen MR) is 74.0 cm³/mol. The highest BCUT2D eigenvalue weighted by molar-refractivity contribution is 9.10. The number of halogens is 1. The van der Waals surface area contributed by atoms with E-state index in [9.17, 15) is 4.79 Å². The monoisotopic (exact) mass is 298 g/mol. The molecule has 94 valence electrons. The van der Waals surface area contributed by atoms with E-state index in [0.29, 0.717) is 0 Å². The van der Waals surface area contributed by atoms with Crippen molar-refractivity contribution in [3.05, 3.63) is 34.3 Å². The molecule has 0 aromatic heterocycles. The number of nitrogens with one attached hydrogen (secondary N) is 2. The molecule has 0 saturated heterocycles. The molecular weight excluding hydrogens is 280 g/mol. The summed E-state index contributed by atoms with van der Waals surface area (Å²) in [7, 11) is 0. The lowest BCUT2D eigenvalue weighted by molar-refractivity contribution is 0.238. The van der Waals surface area contributed by atoms with Crippen LogP contribution in [0.2, 0.25) is 0 Å². The Kier molecular flexibility index (Phi) is 6.05. The fraction of sp³-hybridized carbons (Fsp3) is 0.462. The average Bonchev–Trinajstić information content (AvgIpc) is 2.30. The highest BCUT2D eigenvalue weighted by Gasteiger charge is 2.08. The first kappa shape index (κ1) is 14.0. The fourth-order valence-corrected chi connectivity index (χ4v) is 1.73. The molecule has 1 aromatic rings. The zero-order valence-corrected chi connectivity index (χ0v) is 11.9. The van der Waals surface area contributed by atoms with Gasteiger partial charge in [0.05, 0.1) is 6.04 Å². The second-order valence-electron chi connectivity index (χ2n) is 4.03. The maximum absolute atomic E-state index is 11.5. The van der Waals surface area contributed by atoms with Crippen LogP contribution in [0.1, 0.15) is 38.3 Å². The molecule has 0 saturated carbocycles. The molecule has 1 aromatic carbocycles. The molecule has 0 fully saturated rings. The minimum absolute atomic E-state index is 0.0183. The smallest absolute Gasteiger partial charge is 0.315 e. The third kappa shape index (κ3) is 5.22. The second-order valence-corrected chi connectivity index (χ2v) is 4.94. The Bertz CT molecular complexity index is 351. The first-order valence-electron chi connectivity index (χ1n) is 5.93. The quantitative estimate of drug-likeness (QED) is 0.801. The number of urea groups is 1. The molecule has 1 unspecified atom stereocenters. The van der Waals surface area contributed by atoms with Crippen molar-refractivity contribution in [1.82, 2.24) is 10.6 Å². The Balaban J connectivity index is 2.40. The fourth-order valence-electron chi connectivity index (χ4n) is 1.46. The van der Waals surface area contributed by atoms with Crippen LogP contribution >= 0.6 is 15.9 Å². The van der Waals surface area contributed by atoms with Crippen molar-refractivity contribution in [2.75, 3.05) is 6.54 Å². The van der Waals surface area contributed by atoms with Gasteiger partial charge >= 0.3 is 6.03 Å². The van der Waals surface area contributed by atoms with E-state index in [1.54, 1.807) is 0 Å². The Hall–Kier alpha value is -1.03. The summed E-state index contributed by atoms with van der Waals surface area (Å²) in [5.74, 6) is 0. The lowest BCUT2D eigenvalue weighted by atomic mass is 10.1. The van der Waals surface area contributed by atoms with Crippen LogP contribution in [0, 0.1) is 0 Å². The maximum Gasteiger partial charge on any atom is 0.315 e. The van der Waals surface area contributed by atoms with Crippen LogP contribution in [0.15, 0.2) is 28.7 Å². The Morgan fingerprint density at radius 3 is 2.59 bits per heavy atom. The summed E-state index contributed by atoms with van der Waals surface area (Å²) in [6.07, 6.45) is 2.10. The third-order valence-corrected chi connectivity index (χ3v) is 3.06. The zero-order chi connectivity index (χ0) is 12.7. The number of hydrogen-bond donors (Lipinski definition) is 2. The van der Waals surface area contributed by atoms with Gasteiger partial charge in [-0.15, -0.1) is 0 Å². The van der Waals surface area contributed by atoms with Crippen LogP contribution in [0.3, 0.4) is 0 Å². The number of carbonyl (C=O) groups excluding carboxylic acids is 1. The van der Waals surface area contributed by atoms with E-state index >= 15 is 0 Å². The molecule has 1 rings (SSSR count). The SMILES string of the molecule is CCCCNC(=O)NC(C)c1ccc(Br)cc1. The first-order chi connectivity index (χ1) is 8.13. The molecule has 0 aliphatic heterocycles. The third-order valence-electron chi connectivity index (χ3n) is 2.53. The van der Waals surface area contributed by atoms with Crippen molar-refractivity contribution in [2.24, 2.45) is 0 Å². The molecule has 2 N–H and O–H groups in total. The summed E-state index contributed by atoms with van der Waals surface area (Å²) in [6.45, 7) is 4.81. The average molecular weight is 299 g/mol. The lowest BCUT2D eigenvalue weighted by Crippen LogP contribution is -2.37. The molecule has 0 aliphatic carbocycles. The summed E-state index contributed by atoms with van der Waals surface area (Å²) >= 11 is 3.39. The van der Waals surface area contributed by atoms with E-state index in [1.807, 2.05) is 31.2 Å². The maximum atomic E-state index is 11.5. The molecule has 0 bridgehead atoms. The normalized spacial score (nSPS) is 11.9. The highest BCUT2D eigenvalue weighted by Crippen LogP contribution is 2.16. The standard InChI is InChI=1S/C13H19BrN2O/c1-3-4-9-15-13(17)16-10(2)11-5-7-12(14)8-6-11/h5-8,10H,3-4,9H2,1-2H3,(H2,15,16,17). The van der Waals surface area contributed by atoms with Gasteiger partial charge in [-0.1, -0.05) is 41.4 Å². The topological polar surface area (TPSA) is 41.1 Å². The predicted octanol–water partition coefficient (Wildman–Crippen LogP) is 3.61. The van der Waals surface area contributed by atoms with Crippen molar-refractivity contribution in [1.29, 1.82) is 0 Å². The van der Waals surface area contributed by atoms with Crippen LogP contribution in [0.5, 0.6) is 0 Å². The van der Waals surface area contributed by atoms with Crippen molar-refractivity contribution in [3.63, 3.8) is 0 Å². The number of unbranched alkanes of at least 4 members (excludes halogenated alkanes) is 1. The van der Waals surface area contributed by atoms with E-state index < -0.39 is 0 Å². The van der Waals surface area contributed by atoms with E-state index in [4.69, 9.17) is 0 Å². The van der Waals surface area contributed by atoms with Gasteiger partial charge in [0.25, 0.3) is 0 Å². The Morgan fingerprint density at radius 1 is 1.35 bits per heavy atom. The summed E-state index contributed by atoms with van der Waals surface area (Å²) in [6, 6.07) is 7.87. The van der Waals surface area contributed by atoms with Gasteiger partial charge in [0, 0.05) is 11.0 Å². The Labute approximate surface area is 111 Å². The van der Waals surface area contributed by atoms with E-state index in [-0.39, 0.29) is 12.1 Å². The van der Waals surface area contributed by atoms with Crippen LogP contribution in [0.25, 0.3) is 0 Å². The summed E-state index contributed by atoms with van der Waals surface area (Å²) in [4.78, 5) is 11.5. The molecule has 0 aliphatic rings. The van der Waals surface area contributed by atoms with Gasteiger partial charge in [-0.05, 0) is 31.0 Å². The molecule has 0 radical (unpaired) electrons. The number of amides is 2. The van der Waals surface area contributed by atoms with E-state index in [0.717, 1.165) is 29.4 Å². The first-order valence-corrected chi connectivity index (χ1v) is 6.72. The highest BCUT2D eigenvalue weighted by atomic mass is 79.9. The largest absolute Gasteiger partial charge is 0.338 e. The lowest BCUT2D eigenvalue weighted by Gasteiger charge is -2.15. The molecule has 0 heterocycles. The minimum atomic E-state index is -0.103. The number of hydrogen-bond acceptors (Lipinski definition) is 1. The summed E-state index contributed by atoms with van der Waals surface area (Å²) in [5, 5.41) is 5.75. The zero-order valence-electron chi connectivity index (χ0n) is 10.3. The van der Waals surface area contributed by atoms with Crippen molar-refractivity contribution < 1.29 is 4.79 Å². The van der Waals surface area contributed by atoms with Crippen LogP contribution in [-0.4, -0.2) is 12.6 Å². The molecule has 2 amide bonds. The molecule has 3 nitrogen and oxygen atoms in total. The van der Waals surface area contributed by atoms with Crippen molar-refractivity contribution in [2.45, 2.75) is 32.7 Å². The van der Waals surface area contributed by atoms with Crippen LogP contribution in [0.4, 0.5) is 4.79 Å². The van der Waals surface area contributed by atoms with Gasteiger partial charge in [0.1, 0.15) is 0 Å². The number of carbonyl (C=O) groups is 1. The van der Waals surface area contributed by atoms with Gasteiger partial charge in [-0.2, -0.15) is 0 Å². The van der Waals surface area contributed by atoms with Crippen LogP contribution < -0.4 is 10.6 Å². The summed E-state index contributed by atoms with van der Waals surface area (Å²) < 4.78 is 1.04. The molecule has 0 spiro atoms. The minimum Gasteiger partial charge on any atom is -0.338 e. The Morgan fingerprint density at radius 2 is 2.00 bits per heavy atom. The van der Waals surface area contributed by atoms with Gasteiger partial charge in [-0.25, -0.2) is 4.79 Å². The number of rotatable bonds is 5. The van der Waals surface area contributed by atoms with Gasteiger partial charge in [0.2, 0.25) is 0 Å². The molecule has 4 heteroatoms. The summed E-state index contributed by atoms with van der Waals surface area (Å²) in [5.41, 5.74) is 1.10. The molecular formula is C13H19BrN2O. The van der Waals surface area contributed by atoms with Gasteiger partial charge < -0.3 is 10.6 Å². The second kappa shape index (κ2) is 7.33. The molecule has 17 heavy (non-hydrogen) atoms. The van der Waals surface area contributed by atoms with Crippen molar-refractivity contribution >= 4 is 22.0 Å². The molecule has 1 atom stereocenters. The van der Waals surface area contributed by atoms with Crippen LogP contribution in [-0.2, 0) is 0 Å².